The van der Waals surface area contributed by atoms with Crippen molar-refractivity contribution in [2.24, 2.45) is 18.7 Å². The SMILES string of the molecule is COc1cc(C(=O)N2C[C@H](N)[C@@H]3CC[C@H]2C3)cc2nc(-c3cc4ccc5nc4n3CCCCCc3nccnc3C(=O)N[C@@H]5C)n(C)c12. The fourth-order valence-corrected chi connectivity index (χ4v) is 8.03. The Hall–Kier alpha value is -4.84. The number of amides is 2. The number of hydrogen-bond acceptors (Lipinski definition) is 8. The first-order chi connectivity index (χ1) is 23.3. The van der Waals surface area contributed by atoms with Crippen LogP contribution >= 0.6 is 0 Å². The zero-order chi connectivity index (χ0) is 33.1. The third kappa shape index (κ3) is 5.09. The molecule has 3 aliphatic rings. The van der Waals surface area contributed by atoms with Gasteiger partial charge in [0.1, 0.15) is 22.6 Å². The molecule has 48 heavy (non-hydrogen) atoms. The topological polar surface area (TPSA) is 146 Å². The van der Waals surface area contributed by atoms with E-state index in [2.05, 4.69) is 32.0 Å². The first kappa shape index (κ1) is 30.5. The summed E-state index contributed by atoms with van der Waals surface area (Å²) in [4.78, 5) is 48.1. The van der Waals surface area contributed by atoms with E-state index in [0.29, 0.717) is 47.1 Å². The van der Waals surface area contributed by atoms with Gasteiger partial charge in [0.2, 0.25) is 0 Å². The predicted octanol–water partition coefficient (Wildman–Crippen LogP) is 4.56. The van der Waals surface area contributed by atoms with Gasteiger partial charge in [-0.1, -0.05) is 6.42 Å². The number of carbonyl (C=O) groups is 2. The summed E-state index contributed by atoms with van der Waals surface area (Å²) in [5.74, 6) is 1.61. The summed E-state index contributed by atoms with van der Waals surface area (Å²) in [5.41, 5.74) is 12.2. The minimum absolute atomic E-state index is 0.0161. The smallest absolute Gasteiger partial charge is 0.272 e. The lowest BCUT2D eigenvalue weighted by Gasteiger charge is -2.37. The molecule has 0 radical (unpaired) electrons. The highest BCUT2D eigenvalue weighted by molar-refractivity contribution is 6.00. The van der Waals surface area contributed by atoms with E-state index >= 15 is 0 Å². The van der Waals surface area contributed by atoms with Crippen LogP contribution < -0.4 is 15.8 Å². The second kappa shape index (κ2) is 12.0. The van der Waals surface area contributed by atoms with Crippen molar-refractivity contribution in [3.05, 3.63) is 65.4 Å². The highest BCUT2D eigenvalue weighted by Crippen LogP contribution is 2.39. The number of imidazole rings is 1. The molecule has 0 unspecified atom stereocenters. The summed E-state index contributed by atoms with van der Waals surface area (Å²) >= 11 is 0. The van der Waals surface area contributed by atoms with Gasteiger partial charge in [0.15, 0.2) is 5.82 Å². The van der Waals surface area contributed by atoms with E-state index in [1.54, 1.807) is 19.5 Å². The number of nitrogens with two attached hydrogens (primary N) is 1. The summed E-state index contributed by atoms with van der Waals surface area (Å²) in [7, 11) is 3.62. The lowest BCUT2D eigenvalue weighted by Crippen LogP contribution is -2.51. The largest absolute Gasteiger partial charge is 0.494 e. The van der Waals surface area contributed by atoms with Crippen LogP contribution in [0.1, 0.15) is 83.7 Å². The number of aryl methyl sites for hydroxylation is 3. The molecule has 0 spiro atoms. The molecule has 2 aliphatic heterocycles. The molecule has 8 rings (SSSR count). The lowest BCUT2D eigenvalue weighted by molar-refractivity contribution is 0.0603. The van der Waals surface area contributed by atoms with Crippen LogP contribution in [0, 0.1) is 5.92 Å². The summed E-state index contributed by atoms with van der Waals surface area (Å²) in [5, 5.41) is 4.06. The van der Waals surface area contributed by atoms with Gasteiger partial charge in [-0.3, -0.25) is 14.6 Å². The first-order valence-corrected chi connectivity index (χ1v) is 17.0. The molecule has 4 bridgehead atoms. The van der Waals surface area contributed by atoms with Crippen LogP contribution in [0.15, 0.2) is 42.7 Å². The van der Waals surface area contributed by atoms with Crippen LogP contribution in [-0.2, 0) is 20.0 Å². The summed E-state index contributed by atoms with van der Waals surface area (Å²) in [6, 6.07) is 9.79. The minimum atomic E-state index is -0.341. The third-order valence-electron chi connectivity index (χ3n) is 10.6. The molecule has 1 aliphatic carbocycles. The van der Waals surface area contributed by atoms with Gasteiger partial charge in [-0.05, 0) is 81.7 Å². The summed E-state index contributed by atoms with van der Waals surface area (Å²) in [6.45, 7) is 3.26. The van der Waals surface area contributed by atoms with Gasteiger partial charge in [-0.15, -0.1) is 0 Å². The molecule has 2 fully saturated rings. The highest BCUT2D eigenvalue weighted by atomic mass is 16.5. The Labute approximate surface area is 278 Å². The van der Waals surface area contributed by atoms with Crippen molar-refractivity contribution in [2.75, 3.05) is 13.7 Å². The van der Waals surface area contributed by atoms with E-state index in [4.69, 9.17) is 20.4 Å². The van der Waals surface area contributed by atoms with Crippen molar-refractivity contribution < 1.29 is 14.3 Å². The quantitative estimate of drug-likeness (QED) is 0.290. The molecular weight excluding hydrogens is 606 g/mol. The number of carbonyl (C=O) groups excluding carboxylic acids is 2. The monoisotopic (exact) mass is 647 g/mol. The Morgan fingerprint density at radius 3 is 2.77 bits per heavy atom. The summed E-state index contributed by atoms with van der Waals surface area (Å²) in [6.07, 6.45) is 9.68. The van der Waals surface area contributed by atoms with Crippen molar-refractivity contribution in [2.45, 2.75) is 76.5 Å². The predicted molar refractivity (Wildman–Crippen MR) is 182 cm³/mol. The van der Waals surface area contributed by atoms with E-state index in [0.717, 1.165) is 78.8 Å². The molecule has 4 atom stereocenters. The fraction of sp³-hybridized carbons (Fsp3) is 0.444. The van der Waals surface area contributed by atoms with Gasteiger partial charge < -0.3 is 29.8 Å². The Bertz CT molecular complexity index is 2070. The van der Waals surface area contributed by atoms with Gasteiger partial charge in [0.05, 0.1) is 35.8 Å². The van der Waals surface area contributed by atoms with E-state index in [1.807, 2.05) is 41.6 Å². The fourth-order valence-electron chi connectivity index (χ4n) is 8.03. The Balaban J connectivity index is 1.19. The number of fused-ring (bicyclic) bond motifs is 5. The number of ether oxygens (including phenoxy) is 1. The molecule has 1 aromatic carbocycles. The van der Waals surface area contributed by atoms with Gasteiger partial charge in [-0.25, -0.2) is 15.0 Å². The van der Waals surface area contributed by atoms with Gasteiger partial charge in [-0.2, -0.15) is 0 Å². The number of rotatable bonds is 3. The third-order valence-corrected chi connectivity index (χ3v) is 10.6. The van der Waals surface area contributed by atoms with Crippen molar-refractivity contribution >= 4 is 33.9 Å². The first-order valence-electron chi connectivity index (χ1n) is 17.0. The normalized spacial score (nSPS) is 22.9. The van der Waals surface area contributed by atoms with Crippen LogP contribution in [0.4, 0.5) is 0 Å². The maximum atomic E-state index is 13.9. The molecule has 248 valence electrons. The molecule has 12 nitrogen and oxygen atoms in total. The zero-order valence-electron chi connectivity index (χ0n) is 27.6. The second-order valence-electron chi connectivity index (χ2n) is 13.6. The zero-order valence-corrected chi connectivity index (χ0v) is 27.6. The average Bonchev–Trinajstić information content (AvgIpc) is 3.79. The molecule has 3 N–H and O–H groups in total. The van der Waals surface area contributed by atoms with Crippen LogP contribution in [-0.4, -0.2) is 71.5 Å². The number of likely N-dealkylation sites (tertiary alicyclic amines) is 1. The van der Waals surface area contributed by atoms with E-state index in [-0.39, 0.29) is 29.9 Å². The van der Waals surface area contributed by atoms with Crippen molar-refractivity contribution in [1.29, 1.82) is 0 Å². The molecular formula is C36H41N9O3. The molecule has 6 heterocycles. The molecule has 4 aromatic heterocycles. The number of piperidine rings is 1. The average molecular weight is 648 g/mol. The van der Waals surface area contributed by atoms with Crippen LogP contribution in [0.5, 0.6) is 5.75 Å². The Morgan fingerprint density at radius 1 is 1.06 bits per heavy atom. The number of nitrogens with one attached hydrogen (secondary N) is 1. The molecule has 1 saturated carbocycles. The lowest BCUT2D eigenvalue weighted by atomic mass is 9.94. The number of pyridine rings is 1. The van der Waals surface area contributed by atoms with E-state index in [1.165, 1.54) is 0 Å². The molecule has 12 heteroatoms. The van der Waals surface area contributed by atoms with Crippen molar-refractivity contribution in [1.82, 2.24) is 39.3 Å². The maximum Gasteiger partial charge on any atom is 0.272 e. The van der Waals surface area contributed by atoms with Crippen LogP contribution in [0.25, 0.3) is 33.6 Å². The molecule has 2 amide bonds. The van der Waals surface area contributed by atoms with Gasteiger partial charge in [0.25, 0.3) is 11.8 Å². The Kier molecular flexibility index (Phi) is 7.62. The number of hydrogen-bond donors (Lipinski definition) is 2. The number of methoxy groups -OCH3 is 1. The van der Waals surface area contributed by atoms with Gasteiger partial charge >= 0.3 is 0 Å². The standard InChI is InChI=1S/C36H41N9O3/c1-20-26-11-9-22-17-29(44(33(22)41-26)14-6-4-5-7-27-31(35(46)40-20)39-13-12-38-27)34-42-28-16-23(18-30(48-3)32(28)43(34)2)36(47)45-19-25(37)21-8-10-24(45)15-21/h9,11-13,16-18,20-21,24-25H,4-8,10,14-15,19,37H2,1-3H3,(H,40,46)/t20-,21-,24+,25+/m1/s1. The van der Waals surface area contributed by atoms with Crippen LogP contribution in [0.2, 0.25) is 0 Å². The van der Waals surface area contributed by atoms with Crippen molar-refractivity contribution in [3.63, 3.8) is 0 Å². The highest BCUT2D eigenvalue weighted by Gasteiger charge is 2.41. The molecule has 5 aromatic rings. The van der Waals surface area contributed by atoms with Crippen molar-refractivity contribution in [3.8, 4) is 17.3 Å². The van der Waals surface area contributed by atoms with Gasteiger partial charge in [0, 0.05) is 55.6 Å². The summed E-state index contributed by atoms with van der Waals surface area (Å²) < 4.78 is 10.2. The molecule has 1 saturated heterocycles. The van der Waals surface area contributed by atoms with Crippen LogP contribution in [0.3, 0.4) is 0 Å². The minimum Gasteiger partial charge on any atom is -0.494 e. The van der Waals surface area contributed by atoms with E-state index in [9.17, 15) is 9.59 Å². The number of nitrogens with zero attached hydrogens (tertiary/aromatic N) is 7. The number of aromatic nitrogens is 6. The second-order valence-corrected chi connectivity index (χ2v) is 13.6. The maximum absolute atomic E-state index is 13.9. The number of benzene rings is 1. The van der Waals surface area contributed by atoms with E-state index < -0.39 is 0 Å². The Morgan fingerprint density at radius 2 is 1.92 bits per heavy atom.